The molecule has 0 bridgehead atoms. The van der Waals surface area contributed by atoms with Gasteiger partial charge in [0.05, 0.1) is 6.10 Å². The van der Waals surface area contributed by atoms with Crippen LogP contribution in [0, 0.1) is 23.7 Å². The van der Waals surface area contributed by atoms with Crippen LogP contribution in [0.3, 0.4) is 0 Å². The Morgan fingerprint density at radius 1 is 0.731 bits per heavy atom. The van der Waals surface area contributed by atoms with Crippen LogP contribution in [0.5, 0.6) is 0 Å². The maximum absolute atomic E-state index is 11.6. The smallest absolute Gasteiger partial charge is 0.306 e. The lowest BCUT2D eigenvalue weighted by atomic mass is 9.91. The van der Waals surface area contributed by atoms with Gasteiger partial charge in [0.1, 0.15) is 6.61 Å². The monoisotopic (exact) mass is 370 g/mol. The van der Waals surface area contributed by atoms with E-state index in [1.54, 1.807) is 6.92 Å². The molecule has 26 heavy (non-hydrogen) atoms. The summed E-state index contributed by atoms with van der Waals surface area (Å²) in [4.78, 5) is 11.6. The zero-order valence-electron chi connectivity index (χ0n) is 18.4. The Balaban J connectivity index is 3.63. The molecule has 0 heterocycles. The van der Waals surface area contributed by atoms with E-state index in [9.17, 15) is 4.79 Å². The second kappa shape index (κ2) is 15.5. The molecule has 0 aliphatic carbocycles. The third kappa shape index (κ3) is 16.9. The Bertz CT molecular complexity index is 338. The van der Waals surface area contributed by atoms with Gasteiger partial charge in [0.15, 0.2) is 0 Å². The fourth-order valence-electron chi connectivity index (χ4n) is 3.45. The molecule has 1 N–H and O–H groups in total. The molecular formula is C23H46O3. The molecule has 0 aromatic rings. The molecule has 0 radical (unpaired) electrons. The van der Waals surface area contributed by atoms with E-state index in [1.807, 2.05) is 0 Å². The van der Waals surface area contributed by atoms with Gasteiger partial charge < -0.3 is 9.84 Å². The van der Waals surface area contributed by atoms with E-state index >= 15 is 0 Å². The van der Waals surface area contributed by atoms with E-state index in [-0.39, 0.29) is 12.6 Å². The summed E-state index contributed by atoms with van der Waals surface area (Å²) in [5, 5.41) is 9.13. The number of aliphatic hydroxyl groups excluding tert-OH is 1. The normalized spacial score (nSPS) is 16.3. The topological polar surface area (TPSA) is 46.5 Å². The Hall–Kier alpha value is -0.570. The highest BCUT2D eigenvalue weighted by atomic mass is 16.5. The predicted octanol–water partition coefficient (Wildman–Crippen LogP) is 6.38. The van der Waals surface area contributed by atoms with Gasteiger partial charge in [-0.1, -0.05) is 92.4 Å². The van der Waals surface area contributed by atoms with E-state index < -0.39 is 6.10 Å². The SMILES string of the molecule is CC(C)CCCC(C)CCCC(C)CCCC(C)CC(=O)OCC(C)O. The average Bonchev–Trinajstić information content (AvgIpc) is 2.52. The van der Waals surface area contributed by atoms with Gasteiger partial charge in [-0.25, -0.2) is 0 Å². The van der Waals surface area contributed by atoms with E-state index in [0.29, 0.717) is 12.3 Å². The van der Waals surface area contributed by atoms with Gasteiger partial charge in [0, 0.05) is 6.42 Å². The van der Waals surface area contributed by atoms with Crippen LogP contribution < -0.4 is 0 Å². The minimum atomic E-state index is -0.576. The first kappa shape index (κ1) is 25.4. The van der Waals surface area contributed by atoms with Gasteiger partial charge in [-0.15, -0.1) is 0 Å². The maximum Gasteiger partial charge on any atom is 0.306 e. The molecule has 0 aliphatic heterocycles. The largest absolute Gasteiger partial charge is 0.463 e. The second-order valence-electron chi connectivity index (χ2n) is 9.24. The lowest BCUT2D eigenvalue weighted by Crippen LogP contribution is -2.17. The predicted molar refractivity (Wildman–Crippen MR) is 111 cm³/mol. The van der Waals surface area contributed by atoms with Crippen LogP contribution in [0.1, 0.15) is 106 Å². The van der Waals surface area contributed by atoms with Crippen LogP contribution in [0.2, 0.25) is 0 Å². The zero-order valence-corrected chi connectivity index (χ0v) is 18.4. The molecule has 0 saturated carbocycles. The lowest BCUT2D eigenvalue weighted by molar-refractivity contribution is -0.147. The molecule has 156 valence electrons. The van der Waals surface area contributed by atoms with Crippen LogP contribution in [0.4, 0.5) is 0 Å². The number of aliphatic hydroxyl groups is 1. The van der Waals surface area contributed by atoms with Crippen molar-refractivity contribution in [2.75, 3.05) is 6.61 Å². The highest BCUT2D eigenvalue weighted by Crippen LogP contribution is 2.22. The number of esters is 1. The van der Waals surface area contributed by atoms with Gasteiger partial charge in [-0.2, -0.15) is 0 Å². The second-order valence-corrected chi connectivity index (χ2v) is 9.24. The first-order chi connectivity index (χ1) is 12.2. The van der Waals surface area contributed by atoms with Crippen molar-refractivity contribution in [3.05, 3.63) is 0 Å². The maximum atomic E-state index is 11.6. The minimum absolute atomic E-state index is 0.110. The molecule has 0 saturated heterocycles. The summed E-state index contributed by atoms with van der Waals surface area (Å²) in [6.07, 6.45) is 11.6. The average molecular weight is 371 g/mol. The standard InChI is InChI=1S/C23H46O3/c1-18(2)10-7-11-19(3)12-8-13-20(4)14-9-15-21(5)16-23(25)26-17-22(6)24/h18-22,24H,7-17H2,1-6H3. The Morgan fingerprint density at radius 3 is 1.58 bits per heavy atom. The number of hydrogen-bond acceptors (Lipinski definition) is 3. The van der Waals surface area contributed by atoms with E-state index in [0.717, 1.165) is 24.2 Å². The molecule has 0 rings (SSSR count). The number of carbonyl (C=O) groups is 1. The zero-order chi connectivity index (χ0) is 19.9. The highest BCUT2D eigenvalue weighted by Gasteiger charge is 2.12. The molecule has 4 unspecified atom stereocenters. The van der Waals surface area contributed by atoms with Crippen molar-refractivity contribution in [3.63, 3.8) is 0 Å². The molecule has 0 aliphatic rings. The molecule has 4 atom stereocenters. The third-order valence-electron chi connectivity index (χ3n) is 5.27. The summed E-state index contributed by atoms with van der Waals surface area (Å²) in [5.41, 5.74) is 0. The molecule has 0 spiro atoms. The minimum Gasteiger partial charge on any atom is -0.463 e. The van der Waals surface area contributed by atoms with Crippen molar-refractivity contribution in [1.82, 2.24) is 0 Å². The highest BCUT2D eigenvalue weighted by molar-refractivity contribution is 5.69. The molecule has 0 aromatic carbocycles. The first-order valence-electron chi connectivity index (χ1n) is 11.0. The molecular weight excluding hydrogens is 324 g/mol. The van der Waals surface area contributed by atoms with Crippen molar-refractivity contribution >= 4 is 5.97 Å². The van der Waals surface area contributed by atoms with Crippen molar-refractivity contribution in [2.24, 2.45) is 23.7 Å². The van der Waals surface area contributed by atoms with Gasteiger partial charge >= 0.3 is 5.97 Å². The molecule has 0 aromatic heterocycles. The Labute approximate surface area is 163 Å². The van der Waals surface area contributed by atoms with Gasteiger partial charge in [-0.3, -0.25) is 4.79 Å². The number of ether oxygens (including phenoxy) is 1. The van der Waals surface area contributed by atoms with Crippen LogP contribution in [-0.2, 0) is 9.53 Å². The van der Waals surface area contributed by atoms with Gasteiger partial charge in [0.25, 0.3) is 0 Å². The van der Waals surface area contributed by atoms with Crippen molar-refractivity contribution in [2.45, 2.75) is 112 Å². The van der Waals surface area contributed by atoms with Crippen LogP contribution in [0.15, 0.2) is 0 Å². The number of carbonyl (C=O) groups excluding carboxylic acids is 1. The quantitative estimate of drug-likeness (QED) is 0.321. The molecule has 3 heteroatoms. The van der Waals surface area contributed by atoms with Crippen molar-refractivity contribution in [3.8, 4) is 0 Å². The van der Waals surface area contributed by atoms with Crippen molar-refractivity contribution in [1.29, 1.82) is 0 Å². The van der Waals surface area contributed by atoms with E-state index in [2.05, 4.69) is 34.6 Å². The summed E-state index contributed by atoms with van der Waals surface area (Å²) in [7, 11) is 0. The fraction of sp³-hybridized carbons (Fsp3) is 0.957. The first-order valence-corrected chi connectivity index (χ1v) is 11.0. The molecule has 0 fully saturated rings. The number of hydrogen-bond donors (Lipinski definition) is 1. The van der Waals surface area contributed by atoms with E-state index in [4.69, 9.17) is 9.84 Å². The van der Waals surface area contributed by atoms with Crippen LogP contribution in [-0.4, -0.2) is 23.8 Å². The molecule has 0 amide bonds. The summed E-state index contributed by atoms with van der Waals surface area (Å²) >= 11 is 0. The summed E-state index contributed by atoms with van der Waals surface area (Å²) < 4.78 is 5.03. The van der Waals surface area contributed by atoms with E-state index in [1.165, 1.54) is 51.4 Å². The van der Waals surface area contributed by atoms with Crippen LogP contribution in [0.25, 0.3) is 0 Å². The third-order valence-corrected chi connectivity index (χ3v) is 5.27. The fourth-order valence-corrected chi connectivity index (χ4v) is 3.45. The Morgan fingerprint density at radius 2 is 1.15 bits per heavy atom. The Kier molecular flexibility index (Phi) is 15.1. The summed E-state index contributed by atoms with van der Waals surface area (Å²) in [6.45, 7) is 13.3. The van der Waals surface area contributed by atoms with Crippen molar-refractivity contribution < 1.29 is 14.6 Å². The van der Waals surface area contributed by atoms with Gasteiger partial charge in [-0.05, 0) is 30.6 Å². The number of rotatable bonds is 16. The summed E-state index contributed by atoms with van der Waals surface area (Å²) in [6, 6.07) is 0. The van der Waals surface area contributed by atoms with Gasteiger partial charge in [0.2, 0.25) is 0 Å². The summed E-state index contributed by atoms with van der Waals surface area (Å²) in [5.74, 6) is 2.67. The lowest BCUT2D eigenvalue weighted by Gasteiger charge is -2.16. The van der Waals surface area contributed by atoms with Crippen LogP contribution >= 0.6 is 0 Å². The molecule has 3 nitrogen and oxygen atoms in total.